The van der Waals surface area contributed by atoms with Crippen LogP contribution in [0.3, 0.4) is 0 Å². The Kier molecular flexibility index (Phi) is 2.94. The molecule has 1 aromatic rings. The number of nitrogens with two attached hydrogens (primary N) is 1. The Bertz CT molecular complexity index is 459. The minimum atomic E-state index is -1.01. The van der Waals surface area contributed by atoms with Gasteiger partial charge in [0.25, 0.3) is 0 Å². The molecule has 1 heterocycles. The molecule has 0 fully saturated rings. The Balaban J connectivity index is 2.24. The zero-order valence-corrected chi connectivity index (χ0v) is 9.19. The zero-order chi connectivity index (χ0) is 11.7. The van der Waals surface area contributed by atoms with Gasteiger partial charge in [-0.2, -0.15) is 0 Å². The molecule has 1 aliphatic rings. The van der Waals surface area contributed by atoms with E-state index < -0.39 is 12.0 Å². The quantitative estimate of drug-likeness (QED) is 0.845. The first-order valence-electron chi connectivity index (χ1n) is 4.90. The Morgan fingerprint density at radius 1 is 1.62 bits per heavy atom. The van der Waals surface area contributed by atoms with Gasteiger partial charge in [0.1, 0.15) is 6.04 Å². The zero-order valence-electron chi connectivity index (χ0n) is 8.43. The minimum absolute atomic E-state index is 0.102. The lowest BCUT2D eigenvalue weighted by Gasteiger charge is -2.13. The Labute approximate surface area is 97.7 Å². The van der Waals surface area contributed by atoms with Crippen molar-refractivity contribution in [3.8, 4) is 0 Å². The predicted molar refractivity (Wildman–Crippen MR) is 62.6 cm³/mol. The summed E-state index contributed by atoms with van der Waals surface area (Å²) in [6.07, 6.45) is 2.02. The maximum absolute atomic E-state index is 10.7. The van der Waals surface area contributed by atoms with Gasteiger partial charge < -0.3 is 10.8 Å². The molecule has 0 aromatic heterocycles. The molecule has 4 nitrogen and oxygen atoms in total. The first-order valence-corrected chi connectivity index (χ1v) is 5.28. The molecule has 3 N–H and O–H groups in total. The van der Waals surface area contributed by atoms with Crippen LogP contribution in [0, 0.1) is 0 Å². The smallest absolute Gasteiger partial charge is 0.320 e. The van der Waals surface area contributed by atoms with E-state index in [2.05, 4.69) is 4.99 Å². The lowest BCUT2D eigenvalue weighted by molar-refractivity contribution is -0.138. The molecule has 2 unspecified atom stereocenters. The number of aliphatic carboxylic acids is 1. The van der Waals surface area contributed by atoms with Crippen molar-refractivity contribution < 1.29 is 9.90 Å². The molecule has 1 aliphatic heterocycles. The van der Waals surface area contributed by atoms with Gasteiger partial charge in [-0.05, 0) is 18.6 Å². The van der Waals surface area contributed by atoms with Gasteiger partial charge in [-0.15, -0.1) is 0 Å². The fraction of sp³-hybridized carbons (Fsp3) is 0.273. The second-order valence-electron chi connectivity index (χ2n) is 3.74. The van der Waals surface area contributed by atoms with E-state index in [-0.39, 0.29) is 5.92 Å². The fourth-order valence-corrected chi connectivity index (χ4v) is 2.11. The number of aliphatic imine (C=N–C) groups is 1. The molecule has 0 saturated carbocycles. The van der Waals surface area contributed by atoms with Crippen molar-refractivity contribution in [2.45, 2.75) is 18.4 Å². The molecule has 2 rings (SSSR count). The molecular formula is C11H11ClN2O2. The van der Waals surface area contributed by atoms with Crippen LogP contribution in [-0.4, -0.2) is 23.3 Å². The van der Waals surface area contributed by atoms with Gasteiger partial charge in [-0.1, -0.05) is 17.7 Å². The summed E-state index contributed by atoms with van der Waals surface area (Å²) in [6.45, 7) is 0. The standard InChI is InChI=1S/C11H11ClN2O2/c12-7-2-1-3-9-10(7)6(5-14-9)4-8(13)11(15)16/h1-3,5-6,8H,4,13H2,(H,15,16). The monoisotopic (exact) mass is 238 g/mol. The van der Waals surface area contributed by atoms with Crippen molar-refractivity contribution in [1.29, 1.82) is 0 Å². The van der Waals surface area contributed by atoms with Gasteiger partial charge in [0.2, 0.25) is 0 Å². The van der Waals surface area contributed by atoms with Crippen molar-refractivity contribution >= 4 is 29.5 Å². The molecule has 2 atom stereocenters. The summed E-state index contributed by atoms with van der Waals surface area (Å²) >= 11 is 6.06. The van der Waals surface area contributed by atoms with Crippen molar-refractivity contribution in [2.24, 2.45) is 10.7 Å². The van der Waals surface area contributed by atoms with Crippen molar-refractivity contribution in [2.75, 3.05) is 0 Å². The first kappa shape index (κ1) is 11.1. The van der Waals surface area contributed by atoms with E-state index in [0.29, 0.717) is 11.4 Å². The van der Waals surface area contributed by atoms with Crippen molar-refractivity contribution in [1.82, 2.24) is 0 Å². The molecule has 0 radical (unpaired) electrons. The maximum Gasteiger partial charge on any atom is 0.320 e. The summed E-state index contributed by atoms with van der Waals surface area (Å²) in [7, 11) is 0. The third-order valence-electron chi connectivity index (χ3n) is 2.62. The van der Waals surface area contributed by atoms with E-state index in [0.717, 1.165) is 11.3 Å². The number of hydrogen-bond donors (Lipinski definition) is 2. The number of nitrogens with zero attached hydrogens (tertiary/aromatic N) is 1. The number of benzene rings is 1. The normalized spacial score (nSPS) is 19.5. The van der Waals surface area contributed by atoms with Crippen molar-refractivity contribution in [3.05, 3.63) is 28.8 Å². The van der Waals surface area contributed by atoms with Crippen LogP contribution in [0.4, 0.5) is 5.69 Å². The van der Waals surface area contributed by atoms with Crippen LogP contribution < -0.4 is 5.73 Å². The maximum atomic E-state index is 10.7. The molecule has 84 valence electrons. The molecule has 1 aromatic carbocycles. The molecular weight excluding hydrogens is 228 g/mol. The summed E-state index contributed by atoms with van der Waals surface area (Å²) in [6, 6.07) is 4.55. The van der Waals surface area contributed by atoms with Gasteiger partial charge in [-0.25, -0.2) is 0 Å². The highest BCUT2D eigenvalue weighted by atomic mass is 35.5. The highest BCUT2D eigenvalue weighted by Crippen LogP contribution is 2.39. The second kappa shape index (κ2) is 4.23. The number of halogens is 1. The lowest BCUT2D eigenvalue weighted by atomic mass is 9.94. The topological polar surface area (TPSA) is 75.7 Å². The highest BCUT2D eigenvalue weighted by molar-refractivity contribution is 6.32. The number of hydrogen-bond acceptors (Lipinski definition) is 3. The summed E-state index contributed by atoms with van der Waals surface area (Å²) in [5, 5.41) is 9.37. The van der Waals surface area contributed by atoms with E-state index in [1.807, 2.05) is 12.1 Å². The summed E-state index contributed by atoms with van der Waals surface area (Å²) in [5.41, 5.74) is 7.18. The van der Waals surface area contributed by atoms with Gasteiger partial charge in [0.15, 0.2) is 0 Å². The van der Waals surface area contributed by atoms with Crippen LogP contribution in [-0.2, 0) is 4.79 Å². The molecule has 0 bridgehead atoms. The van der Waals surface area contributed by atoms with Gasteiger partial charge >= 0.3 is 5.97 Å². The largest absolute Gasteiger partial charge is 0.480 e. The third kappa shape index (κ3) is 1.94. The van der Waals surface area contributed by atoms with Gasteiger partial charge in [0.05, 0.1) is 5.69 Å². The predicted octanol–water partition coefficient (Wildman–Crippen LogP) is 1.94. The molecule has 5 heteroatoms. The number of rotatable bonds is 3. The number of carboxylic acids is 1. The highest BCUT2D eigenvalue weighted by Gasteiger charge is 2.25. The van der Waals surface area contributed by atoms with Gasteiger partial charge in [0, 0.05) is 22.7 Å². The van der Waals surface area contributed by atoms with Crippen LogP contribution >= 0.6 is 11.6 Å². The van der Waals surface area contributed by atoms with E-state index in [1.54, 1.807) is 12.3 Å². The average molecular weight is 239 g/mol. The van der Waals surface area contributed by atoms with E-state index in [4.69, 9.17) is 22.4 Å². The summed E-state index contributed by atoms with van der Waals surface area (Å²) in [4.78, 5) is 14.9. The Hall–Kier alpha value is -1.39. The van der Waals surface area contributed by atoms with Crippen molar-refractivity contribution in [3.63, 3.8) is 0 Å². The minimum Gasteiger partial charge on any atom is -0.480 e. The number of carbonyl (C=O) groups is 1. The first-order chi connectivity index (χ1) is 7.59. The van der Waals surface area contributed by atoms with Crippen LogP contribution in [0.25, 0.3) is 0 Å². The third-order valence-corrected chi connectivity index (χ3v) is 2.95. The van der Waals surface area contributed by atoms with E-state index in [1.165, 1.54) is 0 Å². The van der Waals surface area contributed by atoms with E-state index in [9.17, 15) is 4.79 Å². The summed E-state index contributed by atoms with van der Waals surface area (Å²) in [5.74, 6) is -1.11. The van der Waals surface area contributed by atoms with Crippen LogP contribution in [0.15, 0.2) is 23.2 Å². The summed E-state index contributed by atoms with van der Waals surface area (Å²) < 4.78 is 0. The molecule has 16 heavy (non-hydrogen) atoms. The molecule has 0 spiro atoms. The Morgan fingerprint density at radius 3 is 3.06 bits per heavy atom. The average Bonchev–Trinajstić information content (AvgIpc) is 2.63. The van der Waals surface area contributed by atoms with Crippen LogP contribution in [0.1, 0.15) is 17.9 Å². The number of carboxylic acid groups (broad SMARTS) is 1. The van der Waals surface area contributed by atoms with Crippen LogP contribution in [0.2, 0.25) is 5.02 Å². The molecule has 0 aliphatic carbocycles. The SMILES string of the molecule is NC(CC1C=Nc2cccc(Cl)c21)C(=O)O. The van der Waals surface area contributed by atoms with Gasteiger partial charge in [-0.3, -0.25) is 9.79 Å². The Morgan fingerprint density at radius 2 is 2.38 bits per heavy atom. The number of fused-ring (bicyclic) bond motifs is 1. The fourth-order valence-electron chi connectivity index (χ4n) is 1.80. The lowest BCUT2D eigenvalue weighted by Crippen LogP contribution is -2.31. The molecule has 0 saturated heterocycles. The second-order valence-corrected chi connectivity index (χ2v) is 4.14. The molecule has 0 amide bonds. The van der Waals surface area contributed by atoms with Crippen LogP contribution in [0.5, 0.6) is 0 Å². The van der Waals surface area contributed by atoms with E-state index >= 15 is 0 Å².